The van der Waals surface area contributed by atoms with Gasteiger partial charge in [0.05, 0.1) is 29.7 Å². The first kappa shape index (κ1) is 20.0. The predicted octanol–water partition coefficient (Wildman–Crippen LogP) is 5.35. The molecular formula is C25H22ClN3O. The molecule has 150 valence electrons. The third kappa shape index (κ3) is 4.50. The van der Waals surface area contributed by atoms with Crippen molar-refractivity contribution in [2.24, 2.45) is 0 Å². The Kier molecular flexibility index (Phi) is 5.77. The van der Waals surface area contributed by atoms with Gasteiger partial charge in [-0.05, 0) is 48.2 Å². The molecular weight excluding hydrogens is 394 g/mol. The van der Waals surface area contributed by atoms with Gasteiger partial charge in [-0.3, -0.25) is 9.78 Å². The summed E-state index contributed by atoms with van der Waals surface area (Å²) in [6.07, 6.45) is 1.77. The van der Waals surface area contributed by atoms with E-state index in [1.54, 1.807) is 0 Å². The number of hydrogen-bond acceptors (Lipinski definition) is 3. The van der Waals surface area contributed by atoms with Crippen LogP contribution in [0.2, 0.25) is 5.15 Å². The number of rotatable bonds is 5. The van der Waals surface area contributed by atoms with Crippen molar-refractivity contribution in [3.8, 4) is 0 Å². The van der Waals surface area contributed by atoms with Gasteiger partial charge in [0.2, 0.25) is 5.91 Å². The fourth-order valence-electron chi connectivity index (χ4n) is 3.68. The topological polar surface area (TPSA) is 54.9 Å². The van der Waals surface area contributed by atoms with Crippen LogP contribution < -0.4 is 5.32 Å². The Morgan fingerprint density at radius 3 is 2.57 bits per heavy atom. The van der Waals surface area contributed by atoms with E-state index in [-0.39, 0.29) is 18.4 Å². The van der Waals surface area contributed by atoms with Gasteiger partial charge in [-0.25, -0.2) is 4.98 Å². The smallest absolute Gasteiger partial charge is 0.225 e. The maximum absolute atomic E-state index is 13.0. The monoisotopic (exact) mass is 415 g/mol. The number of aromatic nitrogens is 2. The number of amides is 1. The van der Waals surface area contributed by atoms with Crippen molar-refractivity contribution in [1.29, 1.82) is 0 Å². The fourth-order valence-corrected chi connectivity index (χ4v) is 3.82. The summed E-state index contributed by atoms with van der Waals surface area (Å²) in [5.74, 6) is -0.0508. The number of benzene rings is 3. The van der Waals surface area contributed by atoms with Crippen LogP contribution in [0, 0.1) is 13.8 Å². The molecule has 0 saturated heterocycles. The van der Waals surface area contributed by atoms with Crippen molar-refractivity contribution in [3.05, 3.63) is 106 Å². The van der Waals surface area contributed by atoms with E-state index >= 15 is 0 Å². The second-order valence-corrected chi connectivity index (χ2v) is 7.85. The lowest BCUT2D eigenvalue weighted by atomic mass is 9.93. The lowest BCUT2D eigenvalue weighted by Gasteiger charge is -2.22. The predicted molar refractivity (Wildman–Crippen MR) is 121 cm³/mol. The minimum atomic E-state index is -0.210. The molecule has 5 heteroatoms. The number of carbonyl (C=O) groups excluding carboxylic acids is 1. The van der Waals surface area contributed by atoms with Gasteiger partial charge in [0.15, 0.2) is 0 Å². The highest BCUT2D eigenvalue weighted by atomic mass is 35.5. The van der Waals surface area contributed by atoms with E-state index < -0.39 is 0 Å². The summed E-state index contributed by atoms with van der Waals surface area (Å²) in [4.78, 5) is 21.5. The fraction of sp³-hybridized carbons (Fsp3) is 0.160. The molecule has 1 atom stereocenters. The highest BCUT2D eigenvalue weighted by Crippen LogP contribution is 2.26. The molecule has 4 nitrogen and oxygen atoms in total. The molecule has 4 rings (SSSR count). The van der Waals surface area contributed by atoms with Crippen molar-refractivity contribution in [2.45, 2.75) is 26.3 Å². The number of fused-ring (bicyclic) bond motifs is 1. The Labute approximate surface area is 181 Å². The third-order valence-corrected chi connectivity index (χ3v) is 5.30. The van der Waals surface area contributed by atoms with Crippen molar-refractivity contribution < 1.29 is 4.79 Å². The minimum absolute atomic E-state index is 0.0508. The maximum atomic E-state index is 13.0. The van der Waals surface area contributed by atoms with E-state index in [0.717, 1.165) is 27.8 Å². The van der Waals surface area contributed by atoms with Gasteiger partial charge in [0.25, 0.3) is 0 Å². The molecule has 1 unspecified atom stereocenters. The average Bonchev–Trinajstić information content (AvgIpc) is 2.73. The van der Waals surface area contributed by atoms with Crippen LogP contribution in [-0.4, -0.2) is 15.9 Å². The van der Waals surface area contributed by atoms with Gasteiger partial charge < -0.3 is 5.32 Å². The molecule has 0 aliphatic rings. The molecule has 1 N–H and O–H groups in total. The number of hydrogen-bond donors (Lipinski definition) is 1. The summed E-state index contributed by atoms with van der Waals surface area (Å²) in [6.45, 7) is 4.15. The molecule has 0 aliphatic heterocycles. The van der Waals surface area contributed by atoms with Crippen LogP contribution >= 0.6 is 11.6 Å². The van der Waals surface area contributed by atoms with E-state index in [9.17, 15) is 4.79 Å². The molecule has 3 aromatic carbocycles. The molecule has 30 heavy (non-hydrogen) atoms. The van der Waals surface area contributed by atoms with Gasteiger partial charge in [-0.15, -0.1) is 0 Å². The first-order chi connectivity index (χ1) is 14.5. The number of halogens is 1. The molecule has 0 radical (unpaired) electrons. The zero-order chi connectivity index (χ0) is 21.1. The van der Waals surface area contributed by atoms with Gasteiger partial charge in [-0.2, -0.15) is 0 Å². The number of nitrogens with one attached hydrogen (secondary N) is 1. The summed E-state index contributed by atoms with van der Waals surface area (Å²) in [6, 6.07) is 21.8. The maximum Gasteiger partial charge on any atom is 0.225 e. The Hall–Kier alpha value is -3.24. The first-order valence-electron chi connectivity index (χ1n) is 9.82. The summed E-state index contributed by atoms with van der Waals surface area (Å²) in [7, 11) is 0. The average molecular weight is 416 g/mol. The summed E-state index contributed by atoms with van der Waals surface area (Å²) in [5.41, 5.74) is 6.82. The Morgan fingerprint density at radius 1 is 1.00 bits per heavy atom. The van der Waals surface area contributed by atoms with E-state index in [1.165, 1.54) is 11.8 Å². The van der Waals surface area contributed by atoms with E-state index in [4.69, 9.17) is 11.6 Å². The zero-order valence-corrected chi connectivity index (χ0v) is 17.6. The van der Waals surface area contributed by atoms with Crippen molar-refractivity contribution in [2.75, 3.05) is 0 Å². The largest absolute Gasteiger partial charge is 0.345 e. The standard InChI is InChI=1S/C25H22ClN3O/c1-16-8-10-20(17(2)12-16)25(19-6-4-3-5-7-19)29-24(30)14-18-9-11-21-22(13-18)27-15-23(26)28-21/h3-13,15,25H,14H2,1-2H3,(H,29,30). The number of carbonyl (C=O) groups is 1. The van der Waals surface area contributed by atoms with Crippen molar-refractivity contribution in [3.63, 3.8) is 0 Å². The molecule has 0 fully saturated rings. The van der Waals surface area contributed by atoms with E-state index in [2.05, 4.69) is 47.3 Å². The Morgan fingerprint density at radius 2 is 1.80 bits per heavy atom. The van der Waals surface area contributed by atoms with Crippen LogP contribution in [0.1, 0.15) is 33.9 Å². The van der Waals surface area contributed by atoms with Crippen LogP contribution in [0.3, 0.4) is 0 Å². The second kappa shape index (κ2) is 8.64. The van der Waals surface area contributed by atoms with Crippen molar-refractivity contribution >= 4 is 28.5 Å². The molecule has 0 spiro atoms. The van der Waals surface area contributed by atoms with Gasteiger partial charge in [-0.1, -0.05) is 71.8 Å². The summed E-state index contributed by atoms with van der Waals surface area (Å²) >= 11 is 5.90. The van der Waals surface area contributed by atoms with Gasteiger partial charge in [0.1, 0.15) is 5.15 Å². The third-order valence-electron chi connectivity index (χ3n) is 5.12. The molecule has 0 aliphatic carbocycles. The summed E-state index contributed by atoms with van der Waals surface area (Å²) < 4.78 is 0. The van der Waals surface area contributed by atoms with Crippen molar-refractivity contribution in [1.82, 2.24) is 15.3 Å². The number of aryl methyl sites for hydroxylation is 2. The Balaban J connectivity index is 1.59. The number of nitrogens with zero attached hydrogens (tertiary/aromatic N) is 2. The van der Waals surface area contributed by atoms with Crippen LogP contribution in [0.15, 0.2) is 72.9 Å². The second-order valence-electron chi connectivity index (χ2n) is 7.46. The molecule has 1 amide bonds. The molecule has 1 aromatic heterocycles. The zero-order valence-electron chi connectivity index (χ0n) is 16.9. The van der Waals surface area contributed by atoms with E-state index in [1.807, 2.05) is 48.5 Å². The van der Waals surface area contributed by atoms with Crippen LogP contribution in [-0.2, 0) is 11.2 Å². The Bertz CT molecular complexity index is 1210. The molecule has 1 heterocycles. The summed E-state index contributed by atoms with van der Waals surface area (Å²) in [5, 5.41) is 3.57. The normalized spacial score (nSPS) is 12.0. The van der Waals surface area contributed by atoms with Gasteiger partial charge >= 0.3 is 0 Å². The quantitative estimate of drug-likeness (QED) is 0.478. The first-order valence-corrected chi connectivity index (χ1v) is 10.2. The lowest BCUT2D eigenvalue weighted by molar-refractivity contribution is -0.120. The molecule has 4 aromatic rings. The van der Waals surface area contributed by atoms with Crippen LogP contribution in [0.25, 0.3) is 11.0 Å². The highest BCUT2D eigenvalue weighted by Gasteiger charge is 2.19. The van der Waals surface area contributed by atoms with Crippen LogP contribution in [0.5, 0.6) is 0 Å². The SMILES string of the molecule is Cc1ccc(C(NC(=O)Cc2ccc3nc(Cl)cnc3c2)c2ccccc2)c(C)c1. The van der Waals surface area contributed by atoms with Gasteiger partial charge in [0, 0.05) is 0 Å². The highest BCUT2D eigenvalue weighted by molar-refractivity contribution is 6.29. The minimum Gasteiger partial charge on any atom is -0.345 e. The van der Waals surface area contributed by atoms with E-state index in [0.29, 0.717) is 10.7 Å². The molecule has 0 bridgehead atoms. The molecule has 0 saturated carbocycles. The lowest BCUT2D eigenvalue weighted by Crippen LogP contribution is -2.31. The van der Waals surface area contributed by atoms with Crippen LogP contribution in [0.4, 0.5) is 0 Å².